The zero-order chi connectivity index (χ0) is 47.5. The summed E-state index contributed by atoms with van der Waals surface area (Å²) >= 11 is 0. The summed E-state index contributed by atoms with van der Waals surface area (Å²) in [5.74, 6) is 2.51. The number of piperidine rings is 1. The predicted octanol–water partition coefficient (Wildman–Crippen LogP) is 10.6. The molecule has 4 fully saturated rings. The highest BCUT2D eigenvalue weighted by Gasteiger charge is 2.51. The largest absolute Gasteiger partial charge is 0.468 e. The van der Waals surface area contributed by atoms with Crippen molar-refractivity contribution in [2.45, 2.75) is 159 Å². The Morgan fingerprint density at radius 2 is 1.77 bits per heavy atom. The van der Waals surface area contributed by atoms with Gasteiger partial charge in [-0.1, -0.05) is 53.5 Å². The number of hydrogen-bond donors (Lipinski definition) is 1. The van der Waals surface area contributed by atoms with E-state index in [-0.39, 0.29) is 82.0 Å². The number of halogens is 4. The van der Waals surface area contributed by atoms with E-state index in [4.69, 9.17) is 33.9 Å². The van der Waals surface area contributed by atoms with Gasteiger partial charge < -0.3 is 29.2 Å². The summed E-state index contributed by atoms with van der Waals surface area (Å²) in [5.41, 5.74) is 3.25. The van der Waals surface area contributed by atoms with Crippen LogP contribution in [0.3, 0.4) is 0 Å². The maximum atomic E-state index is 17.9. The van der Waals surface area contributed by atoms with Crippen LogP contribution in [-0.2, 0) is 9.47 Å². The molecular weight excluding hydrogens is 869 g/mol. The van der Waals surface area contributed by atoms with E-state index in [9.17, 15) is 9.18 Å². The van der Waals surface area contributed by atoms with Crippen LogP contribution in [0.1, 0.15) is 106 Å². The molecule has 356 valence electrons. The van der Waals surface area contributed by atoms with Gasteiger partial charge in [0.25, 0.3) is 0 Å². The lowest BCUT2D eigenvalue weighted by atomic mass is 9.94. The molecule has 4 aliphatic rings. The van der Waals surface area contributed by atoms with E-state index in [0.29, 0.717) is 42.3 Å². The van der Waals surface area contributed by atoms with E-state index in [2.05, 4.69) is 63.2 Å². The molecule has 66 heavy (non-hydrogen) atoms. The van der Waals surface area contributed by atoms with Crippen molar-refractivity contribution in [2.75, 3.05) is 38.5 Å². The van der Waals surface area contributed by atoms with Crippen LogP contribution in [0.25, 0.3) is 32.9 Å². The van der Waals surface area contributed by atoms with Crippen molar-refractivity contribution in [3.8, 4) is 34.5 Å². The number of alkyl halides is 2. The van der Waals surface area contributed by atoms with Crippen LogP contribution in [0.2, 0.25) is 16.6 Å². The number of methoxy groups -OCH3 is 1. The van der Waals surface area contributed by atoms with Crippen molar-refractivity contribution in [3.63, 3.8) is 0 Å². The highest BCUT2D eigenvalue weighted by Crippen LogP contribution is 2.46. The number of anilines is 1. The molecule has 2 bridgehead atoms. The van der Waals surface area contributed by atoms with Crippen molar-refractivity contribution in [1.29, 1.82) is 0 Å². The van der Waals surface area contributed by atoms with E-state index >= 15 is 13.2 Å². The fourth-order valence-electron chi connectivity index (χ4n) is 11.7. The Balaban J connectivity index is 1.29. The SMILES string of the molecule is COCOc1cc(-c2ncc3c(N4[C@H]5CC[C@@H]4[C@@H](F)[C@H](NC(=O)OC(C)(C)C)C5)nc(OC[C@@]45CCCN4C[C@H](F)C5)nc3c2F)c2c(C#C[Si](C(C)C)(C(C)C)C(C)C)c(F)ccc2c1. The Morgan fingerprint density at radius 3 is 2.47 bits per heavy atom. The first-order valence-corrected chi connectivity index (χ1v) is 25.7. The smallest absolute Gasteiger partial charge is 0.407 e. The first-order valence-electron chi connectivity index (χ1n) is 23.5. The van der Waals surface area contributed by atoms with Crippen LogP contribution in [0.15, 0.2) is 30.5 Å². The van der Waals surface area contributed by atoms with Crippen molar-refractivity contribution in [1.82, 2.24) is 25.2 Å². The number of nitrogens with one attached hydrogen (secondary N) is 1. The molecule has 16 heteroatoms. The van der Waals surface area contributed by atoms with Crippen LogP contribution in [0.5, 0.6) is 11.8 Å². The number of carbonyl (C=O) groups is 1. The van der Waals surface area contributed by atoms with E-state index in [1.807, 2.05) is 4.90 Å². The third-order valence-corrected chi connectivity index (χ3v) is 20.8. The Morgan fingerprint density at radius 1 is 1.03 bits per heavy atom. The number of carbonyl (C=O) groups excluding carboxylic acids is 1. The van der Waals surface area contributed by atoms with Crippen LogP contribution in [-0.4, -0.2) is 109 Å². The summed E-state index contributed by atoms with van der Waals surface area (Å²) in [6.07, 6.45) is 1.45. The van der Waals surface area contributed by atoms with Gasteiger partial charge in [-0.15, -0.1) is 5.54 Å². The number of benzene rings is 2. The Kier molecular flexibility index (Phi) is 13.3. The summed E-state index contributed by atoms with van der Waals surface area (Å²) in [5, 5.41) is 3.89. The lowest BCUT2D eigenvalue weighted by molar-refractivity contribution is 0.0447. The third kappa shape index (κ3) is 8.80. The zero-order valence-electron chi connectivity index (χ0n) is 39.9. The summed E-state index contributed by atoms with van der Waals surface area (Å²) in [7, 11) is -0.867. The number of amides is 1. The summed E-state index contributed by atoms with van der Waals surface area (Å²) in [6, 6.07) is 4.35. The second-order valence-electron chi connectivity index (χ2n) is 20.7. The topological polar surface area (TPSA) is 111 Å². The molecule has 0 aliphatic carbocycles. The van der Waals surface area contributed by atoms with Gasteiger partial charge in [0, 0.05) is 43.3 Å². The van der Waals surface area contributed by atoms with Gasteiger partial charge >= 0.3 is 12.1 Å². The van der Waals surface area contributed by atoms with E-state index in [1.54, 1.807) is 39.0 Å². The van der Waals surface area contributed by atoms with E-state index in [0.717, 1.165) is 19.4 Å². The molecule has 0 unspecified atom stereocenters. The summed E-state index contributed by atoms with van der Waals surface area (Å²) < 4.78 is 88.9. The first kappa shape index (κ1) is 47.8. The fraction of sp³-hybridized carbons (Fsp3) is 0.600. The average Bonchev–Trinajstić information content (AvgIpc) is 3.90. The number of rotatable bonds is 12. The Hall–Kier alpha value is -4.72. The molecule has 11 nitrogen and oxygen atoms in total. The lowest BCUT2D eigenvalue weighted by Gasteiger charge is -2.42. The fourth-order valence-corrected chi connectivity index (χ4v) is 16.9. The number of hydrogen-bond acceptors (Lipinski definition) is 10. The number of nitrogens with zero attached hydrogens (tertiary/aromatic N) is 5. The van der Waals surface area contributed by atoms with Crippen LogP contribution in [0, 0.1) is 23.1 Å². The maximum absolute atomic E-state index is 17.9. The second-order valence-corrected chi connectivity index (χ2v) is 26.3. The molecule has 4 saturated heterocycles. The highest BCUT2D eigenvalue weighted by atomic mass is 28.3. The minimum absolute atomic E-state index is 0.0805. The van der Waals surface area contributed by atoms with E-state index < -0.39 is 61.4 Å². The molecule has 1 N–H and O–H groups in total. The van der Waals surface area contributed by atoms with Crippen LogP contribution < -0.4 is 19.7 Å². The molecule has 1 amide bonds. The molecule has 0 spiro atoms. The molecule has 6 atom stereocenters. The molecule has 0 radical (unpaired) electrons. The molecule has 4 aromatic rings. The van der Waals surface area contributed by atoms with Crippen molar-refractivity contribution in [3.05, 3.63) is 47.7 Å². The van der Waals surface area contributed by atoms with Gasteiger partial charge in [-0.2, -0.15) is 9.97 Å². The predicted molar refractivity (Wildman–Crippen MR) is 251 cm³/mol. The molecule has 8 rings (SSSR count). The number of alkyl carbamates (subject to hydrolysis) is 1. The maximum Gasteiger partial charge on any atom is 0.407 e. The molecule has 6 heterocycles. The quantitative estimate of drug-likeness (QED) is 0.0638. The first-order chi connectivity index (χ1) is 31.3. The standard InChI is InChI=1S/C50H64F4N6O5Si/c1-28(2)66(29(3)4,30(5)6)19-16-35-38(52)14-12-31-20-34(64-27-62-10)22-36(41(31)35)44-43(54)45-37(24-55-44)46(58-47(57-45)63-26-50-17-11-18-59(50)25-32(51)23-50)60-33-13-15-40(60)42(53)39(21-33)56-48(61)65-49(7,8)9/h12,14,20,22,24,28-30,32-33,39-40,42H,11,13,15,17-18,21,23,25-27H2,1-10H3,(H,56,61)/t32-,33+,39-,40-,42+,50+/m1/s1. The number of pyridine rings is 1. The Bertz CT molecular complexity index is 2520. The highest BCUT2D eigenvalue weighted by molar-refractivity contribution is 6.90. The Labute approximate surface area is 386 Å². The van der Waals surface area contributed by atoms with Gasteiger partial charge in [0.2, 0.25) is 0 Å². The minimum atomic E-state index is -2.36. The van der Waals surface area contributed by atoms with Crippen molar-refractivity contribution < 1.29 is 41.3 Å². The van der Waals surface area contributed by atoms with Gasteiger partial charge in [0.1, 0.15) is 61.2 Å². The van der Waals surface area contributed by atoms with Gasteiger partial charge in [0.05, 0.1) is 28.6 Å². The normalized spacial score (nSPS) is 24.4. The minimum Gasteiger partial charge on any atom is -0.468 e. The average molecular weight is 933 g/mol. The molecule has 0 saturated carbocycles. The number of ether oxygens (including phenoxy) is 4. The lowest BCUT2D eigenvalue weighted by Crippen LogP contribution is -2.58. The molecule has 2 aromatic heterocycles. The van der Waals surface area contributed by atoms with Crippen molar-refractivity contribution >= 4 is 41.7 Å². The number of fused-ring (bicyclic) bond motifs is 5. The molecular formula is C50H64F4N6O5Si. The van der Waals surface area contributed by atoms with Crippen molar-refractivity contribution in [2.24, 2.45) is 0 Å². The monoisotopic (exact) mass is 932 g/mol. The summed E-state index contributed by atoms with van der Waals surface area (Å²) in [4.78, 5) is 31.1. The zero-order valence-corrected chi connectivity index (χ0v) is 40.9. The van der Waals surface area contributed by atoms with Crippen LogP contribution >= 0.6 is 0 Å². The van der Waals surface area contributed by atoms with E-state index in [1.165, 1.54) is 19.4 Å². The second kappa shape index (κ2) is 18.4. The van der Waals surface area contributed by atoms with Gasteiger partial charge in [-0.3, -0.25) is 9.88 Å². The van der Waals surface area contributed by atoms with Gasteiger partial charge in [-0.25, -0.2) is 22.4 Å². The third-order valence-electron chi connectivity index (χ3n) is 14.6. The van der Waals surface area contributed by atoms with Gasteiger partial charge in [0.15, 0.2) is 12.6 Å². The number of aromatic nitrogens is 3. The van der Waals surface area contributed by atoms with Crippen LogP contribution in [0.4, 0.5) is 28.2 Å². The van der Waals surface area contributed by atoms with Gasteiger partial charge in [-0.05, 0) is 99.6 Å². The summed E-state index contributed by atoms with van der Waals surface area (Å²) in [6.45, 7) is 19.4. The molecule has 2 aromatic carbocycles. The molecule has 4 aliphatic heterocycles.